The van der Waals surface area contributed by atoms with Crippen molar-refractivity contribution in [1.29, 1.82) is 0 Å². The number of para-hydroxylation sites is 7. The number of hydrogen-bond acceptors (Lipinski definition) is 3. The van der Waals surface area contributed by atoms with Gasteiger partial charge < -0.3 is 4.57 Å². The molecule has 53 heavy (non-hydrogen) atoms. The van der Waals surface area contributed by atoms with Crippen molar-refractivity contribution in [1.82, 2.24) is 28.7 Å². The molecule has 4 aromatic heterocycles. The Morgan fingerprint density at radius 1 is 0.302 bits per heavy atom. The van der Waals surface area contributed by atoms with Crippen LogP contribution in [0, 0.1) is 0 Å². The monoisotopic (exact) mass is 680 g/mol. The lowest BCUT2D eigenvalue weighted by Crippen LogP contribution is -2.13. The predicted octanol–water partition coefficient (Wildman–Crippen LogP) is 10.9. The van der Waals surface area contributed by atoms with E-state index in [1.54, 1.807) is 0 Å². The fraction of sp³-hybridized carbons (Fsp3) is 0.0426. The second-order valence-corrected chi connectivity index (χ2v) is 13.6. The summed E-state index contributed by atoms with van der Waals surface area (Å²) in [5, 5.41) is 7.18. The minimum Gasteiger partial charge on any atom is -0.309 e. The molecular weight excluding hydrogens is 649 g/mol. The number of hydrogen-bond donors (Lipinski definition) is 0. The molecule has 0 fully saturated rings. The Morgan fingerprint density at radius 3 is 1.02 bits per heavy atom. The number of nitrogens with zero attached hydrogens (tertiary/aromatic N) is 6. The second kappa shape index (κ2) is 11.8. The minimum atomic E-state index is 0.611. The summed E-state index contributed by atoms with van der Waals surface area (Å²) in [5.74, 6) is 1.96. The molecule has 0 aliphatic carbocycles. The smallest absolute Gasteiger partial charge is 0.239 e. The van der Waals surface area contributed by atoms with E-state index in [4.69, 9.17) is 15.0 Å². The standard InChI is InChI=1S/C47H32N6/c1-8-22-38(51-39-23-9-2-16-32(39)33-17-3-10-24-40(33)51)31(15-1)29-30-45-48-46(52-41-25-11-4-18-34(41)35-19-5-12-26-42(35)52)50-47(49-45)53-43-27-13-6-20-36(43)37-21-7-14-28-44(37)53/h1-28H,29-30H2. The second-order valence-electron chi connectivity index (χ2n) is 13.6. The minimum absolute atomic E-state index is 0.611. The Bertz CT molecular complexity index is 2910. The van der Waals surface area contributed by atoms with Crippen molar-refractivity contribution in [3.8, 4) is 17.6 Å². The van der Waals surface area contributed by atoms with Crippen molar-refractivity contribution >= 4 is 65.4 Å². The van der Waals surface area contributed by atoms with E-state index < -0.39 is 0 Å². The van der Waals surface area contributed by atoms with Crippen molar-refractivity contribution in [3.05, 3.63) is 181 Å². The van der Waals surface area contributed by atoms with E-state index in [9.17, 15) is 0 Å². The Kier molecular flexibility index (Phi) is 6.58. The lowest BCUT2D eigenvalue weighted by molar-refractivity contribution is 0.788. The fourth-order valence-electron chi connectivity index (χ4n) is 8.35. The number of fused-ring (bicyclic) bond motifs is 9. The van der Waals surface area contributed by atoms with E-state index in [0.717, 1.165) is 34.3 Å². The third kappa shape index (κ3) is 4.55. The molecule has 4 heterocycles. The van der Waals surface area contributed by atoms with Crippen LogP contribution in [-0.2, 0) is 12.8 Å². The van der Waals surface area contributed by atoms with Gasteiger partial charge in [-0.25, -0.2) is 0 Å². The van der Waals surface area contributed by atoms with Gasteiger partial charge in [-0.3, -0.25) is 9.13 Å². The van der Waals surface area contributed by atoms with Crippen LogP contribution in [0.1, 0.15) is 11.4 Å². The number of aryl methyl sites for hydroxylation is 2. The van der Waals surface area contributed by atoms with Gasteiger partial charge in [0.2, 0.25) is 11.9 Å². The van der Waals surface area contributed by atoms with Crippen LogP contribution in [0.15, 0.2) is 170 Å². The first-order valence-corrected chi connectivity index (χ1v) is 18.1. The predicted molar refractivity (Wildman–Crippen MR) is 217 cm³/mol. The Morgan fingerprint density at radius 2 is 0.623 bits per heavy atom. The van der Waals surface area contributed by atoms with Gasteiger partial charge in [0.1, 0.15) is 5.82 Å². The summed E-state index contributed by atoms with van der Waals surface area (Å²) in [6.07, 6.45) is 1.38. The average Bonchev–Trinajstić information content (AvgIpc) is 3.86. The lowest BCUT2D eigenvalue weighted by Gasteiger charge is -2.15. The highest BCUT2D eigenvalue weighted by molar-refractivity contribution is 6.11. The first-order chi connectivity index (χ1) is 26.3. The molecule has 0 aliphatic rings. The normalized spacial score (nSPS) is 11.9. The Hall–Kier alpha value is -7.05. The quantitative estimate of drug-likeness (QED) is 0.176. The maximum Gasteiger partial charge on any atom is 0.239 e. The van der Waals surface area contributed by atoms with Gasteiger partial charge in [-0.15, -0.1) is 0 Å². The molecule has 11 aromatic rings. The van der Waals surface area contributed by atoms with Crippen LogP contribution >= 0.6 is 0 Å². The molecule has 6 heteroatoms. The molecule has 7 aromatic carbocycles. The molecule has 11 rings (SSSR count). The molecule has 0 bridgehead atoms. The fourth-order valence-corrected chi connectivity index (χ4v) is 8.35. The number of aromatic nitrogens is 6. The lowest BCUT2D eigenvalue weighted by atomic mass is 10.1. The van der Waals surface area contributed by atoms with Crippen molar-refractivity contribution in [2.45, 2.75) is 12.8 Å². The molecular formula is C47H32N6. The van der Waals surface area contributed by atoms with E-state index in [0.29, 0.717) is 18.3 Å². The van der Waals surface area contributed by atoms with Gasteiger partial charge in [0.15, 0.2) is 0 Å². The summed E-state index contributed by atoms with van der Waals surface area (Å²) >= 11 is 0. The van der Waals surface area contributed by atoms with Gasteiger partial charge >= 0.3 is 0 Å². The van der Waals surface area contributed by atoms with Gasteiger partial charge in [0, 0.05) is 44.4 Å². The van der Waals surface area contributed by atoms with Crippen LogP contribution in [-0.4, -0.2) is 28.7 Å². The van der Waals surface area contributed by atoms with Crippen molar-refractivity contribution in [2.24, 2.45) is 0 Å². The maximum absolute atomic E-state index is 5.30. The number of rotatable bonds is 6. The van der Waals surface area contributed by atoms with Crippen LogP contribution < -0.4 is 0 Å². The van der Waals surface area contributed by atoms with Gasteiger partial charge in [-0.2, -0.15) is 15.0 Å². The van der Waals surface area contributed by atoms with Crippen LogP contribution in [0.3, 0.4) is 0 Å². The van der Waals surface area contributed by atoms with Gasteiger partial charge in [0.05, 0.1) is 33.1 Å². The first kappa shape index (κ1) is 29.7. The van der Waals surface area contributed by atoms with Gasteiger partial charge in [0.25, 0.3) is 0 Å². The van der Waals surface area contributed by atoms with Crippen LogP contribution in [0.4, 0.5) is 0 Å². The van der Waals surface area contributed by atoms with Gasteiger partial charge in [-0.05, 0) is 54.4 Å². The zero-order valence-corrected chi connectivity index (χ0v) is 28.8. The van der Waals surface area contributed by atoms with E-state index in [1.807, 2.05) is 0 Å². The summed E-state index contributed by atoms with van der Waals surface area (Å²) < 4.78 is 6.79. The van der Waals surface area contributed by atoms with Crippen LogP contribution in [0.2, 0.25) is 0 Å². The average molecular weight is 681 g/mol. The molecule has 0 N–H and O–H groups in total. The largest absolute Gasteiger partial charge is 0.309 e. The zero-order valence-electron chi connectivity index (χ0n) is 28.8. The third-order valence-corrected chi connectivity index (χ3v) is 10.6. The summed E-state index contributed by atoms with van der Waals surface area (Å²) in [6.45, 7) is 0. The Labute approximate surface area is 304 Å². The highest BCUT2D eigenvalue weighted by atomic mass is 15.3. The summed E-state index contributed by atoms with van der Waals surface area (Å²) in [6, 6.07) is 60.1. The topological polar surface area (TPSA) is 53.5 Å². The van der Waals surface area contributed by atoms with E-state index >= 15 is 0 Å². The summed E-state index contributed by atoms with van der Waals surface area (Å²) in [5.41, 5.74) is 9.06. The highest BCUT2D eigenvalue weighted by Gasteiger charge is 2.20. The van der Waals surface area contributed by atoms with Crippen LogP contribution in [0.5, 0.6) is 0 Å². The summed E-state index contributed by atoms with van der Waals surface area (Å²) in [7, 11) is 0. The molecule has 6 nitrogen and oxygen atoms in total. The molecule has 0 amide bonds. The van der Waals surface area contributed by atoms with Crippen molar-refractivity contribution < 1.29 is 0 Å². The SMILES string of the molecule is c1ccc(-n2c3ccccc3c3ccccc32)c(CCc2nc(-n3c4ccccc4c4ccccc43)nc(-n3c4ccccc4c4ccccc43)n2)c1. The third-order valence-electron chi connectivity index (χ3n) is 10.6. The molecule has 0 unspecified atom stereocenters. The van der Waals surface area contributed by atoms with Crippen LogP contribution in [0.25, 0.3) is 83.0 Å². The molecule has 0 radical (unpaired) electrons. The number of benzene rings is 7. The Balaban J connectivity index is 1.11. The first-order valence-electron chi connectivity index (χ1n) is 18.1. The van der Waals surface area contributed by atoms with Crippen molar-refractivity contribution in [2.75, 3.05) is 0 Å². The summed E-state index contributed by atoms with van der Waals surface area (Å²) in [4.78, 5) is 15.8. The molecule has 0 spiro atoms. The molecule has 0 saturated heterocycles. The van der Waals surface area contributed by atoms with E-state index in [-0.39, 0.29) is 0 Å². The highest BCUT2D eigenvalue weighted by Crippen LogP contribution is 2.35. The maximum atomic E-state index is 5.30. The van der Waals surface area contributed by atoms with Crippen molar-refractivity contribution in [3.63, 3.8) is 0 Å². The molecule has 0 aliphatic heterocycles. The molecule has 0 saturated carbocycles. The van der Waals surface area contributed by atoms with E-state index in [2.05, 4.69) is 184 Å². The van der Waals surface area contributed by atoms with E-state index in [1.165, 1.54) is 54.6 Å². The molecule has 250 valence electrons. The van der Waals surface area contributed by atoms with Gasteiger partial charge in [-0.1, -0.05) is 127 Å². The zero-order chi connectivity index (χ0) is 34.9. The molecule has 0 atom stereocenters.